The number of ether oxygens (including phenoxy) is 1. The Bertz CT molecular complexity index is 386. The minimum Gasteiger partial charge on any atom is -0.462 e. The van der Waals surface area contributed by atoms with Crippen molar-refractivity contribution in [3.05, 3.63) is 29.8 Å². The Morgan fingerprint density at radius 3 is 2.20 bits per heavy atom. The molecule has 1 rings (SSSR count). The van der Waals surface area contributed by atoms with Gasteiger partial charge in [-0.2, -0.15) is 0 Å². The van der Waals surface area contributed by atoms with Crippen LogP contribution in [-0.2, 0) is 14.3 Å². The summed E-state index contributed by atoms with van der Waals surface area (Å²) in [5, 5.41) is 1.98. The number of methoxy groups -OCH3 is 1. The number of benzene rings is 1. The van der Waals surface area contributed by atoms with Gasteiger partial charge in [-0.25, -0.2) is 13.6 Å². The van der Waals surface area contributed by atoms with Crippen molar-refractivity contribution in [1.29, 1.82) is 0 Å². The first-order valence-corrected chi connectivity index (χ1v) is 3.88. The highest BCUT2D eigenvalue weighted by Crippen LogP contribution is 2.12. The molecule has 0 aromatic heterocycles. The fourth-order valence-electron chi connectivity index (χ4n) is 0.901. The van der Waals surface area contributed by atoms with Crippen LogP contribution in [0, 0.1) is 11.6 Å². The highest BCUT2D eigenvalue weighted by molar-refractivity contribution is 6.37. The molecule has 0 aliphatic heterocycles. The number of carbonyl (C=O) groups excluding carboxylic acids is 2. The molecule has 4 nitrogen and oxygen atoms in total. The van der Waals surface area contributed by atoms with Gasteiger partial charge in [-0.05, 0) is 12.1 Å². The number of carbonyl (C=O) groups is 2. The van der Waals surface area contributed by atoms with Gasteiger partial charge < -0.3 is 10.1 Å². The Morgan fingerprint density at radius 2 is 1.73 bits per heavy atom. The Hall–Kier alpha value is -1.98. The molecule has 0 heterocycles. The fourth-order valence-corrected chi connectivity index (χ4v) is 0.901. The summed E-state index contributed by atoms with van der Waals surface area (Å²) < 4.78 is 29.4. The van der Waals surface area contributed by atoms with Crippen LogP contribution in [0.4, 0.5) is 14.5 Å². The molecule has 1 aromatic rings. The molecular weight excluding hydrogens is 208 g/mol. The van der Waals surface area contributed by atoms with Crippen LogP contribution >= 0.6 is 0 Å². The third-order valence-corrected chi connectivity index (χ3v) is 1.49. The second-order valence-corrected chi connectivity index (χ2v) is 2.60. The zero-order chi connectivity index (χ0) is 11.4. The molecule has 1 aromatic carbocycles. The first-order chi connectivity index (χ1) is 7.02. The normalized spacial score (nSPS) is 9.53. The predicted molar refractivity (Wildman–Crippen MR) is 47.0 cm³/mol. The molecule has 1 N–H and O–H groups in total. The van der Waals surface area contributed by atoms with Gasteiger partial charge >= 0.3 is 11.9 Å². The van der Waals surface area contributed by atoms with Crippen molar-refractivity contribution in [3.63, 3.8) is 0 Å². The van der Waals surface area contributed by atoms with Crippen LogP contribution in [0.3, 0.4) is 0 Å². The molecule has 0 atom stereocenters. The monoisotopic (exact) mass is 215 g/mol. The lowest BCUT2D eigenvalue weighted by Crippen LogP contribution is -2.23. The van der Waals surface area contributed by atoms with Crippen LogP contribution in [-0.4, -0.2) is 19.0 Å². The van der Waals surface area contributed by atoms with Gasteiger partial charge in [0.25, 0.3) is 0 Å². The summed E-state index contributed by atoms with van der Waals surface area (Å²) in [7, 11) is 1.02. The number of halogens is 2. The van der Waals surface area contributed by atoms with Crippen LogP contribution in [0.2, 0.25) is 0 Å². The zero-order valence-electron chi connectivity index (χ0n) is 7.71. The summed E-state index contributed by atoms with van der Waals surface area (Å²) in [6.45, 7) is 0. The molecular formula is C9H7F2NO3. The van der Waals surface area contributed by atoms with Gasteiger partial charge in [0, 0.05) is 11.8 Å². The van der Waals surface area contributed by atoms with E-state index in [1.54, 1.807) is 0 Å². The number of anilines is 1. The summed E-state index contributed by atoms with van der Waals surface area (Å²) in [5.41, 5.74) is -0.150. The van der Waals surface area contributed by atoms with Crippen LogP contribution in [0.1, 0.15) is 0 Å². The third-order valence-electron chi connectivity index (χ3n) is 1.49. The first-order valence-electron chi connectivity index (χ1n) is 3.88. The molecule has 1 amide bonds. The number of hydrogen-bond donors (Lipinski definition) is 1. The lowest BCUT2D eigenvalue weighted by molar-refractivity contribution is -0.150. The van der Waals surface area contributed by atoms with Crippen molar-refractivity contribution in [2.45, 2.75) is 0 Å². The Morgan fingerprint density at radius 1 is 1.20 bits per heavy atom. The smallest absolute Gasteiger partial charge is 0.396 e. The molecule has 0 unspecified atom stereocenters. The van der Waals surface area contributed by atoms with Gasteiger partial charge in [0.1, 0.15) is 11.6 Å². The van der Waals surface area contributed by atoms with E-state index in [2.05, 4.69) is 4.74 Å². The third kappa shape index (κ3) is 3.01. The topological polar surface area (TPSA) is 55.4 Å². The van der Waals surface area contributed by atoms with E-state index in [1.165, 1.54) is 0 Å². The molecule has 0 saturated heterocycles. The van der Waals surface area contributed by atoms with Crippen molar-refractivity contribution in [2.75, 3.05) is 12.4 Å². The lowest BCUT2D eigenvalue weighted by atomic mass is 10.3. The SMILES string of the molecule is COC(=O)C(=O)Nc1cc(F)cc(F)c1. The summed E-state index contributed by atoms with van der Waals surface area (Å²) in [6, 6.07) is 2.40. The average Bonchev–Trinajstić information content (AvgIpc) is 2.14. The van der Waals surface area contributed by atoms with Gasteiger partial charge in [-0.15, -0.1) is 0 Å². The number of esters is 1. The molecule has 0 bridgehead atoms. The number of rotatable bonds is 1. The highest BCUT2D eigenvalue weighted by Gasteiger charge is 2.14. The van der Waals surface area contributed by atoms with E-state index in [0.29, 0.717) is 6.07 Å². The van der Waals surface area contributed by atoms with E-state index in [-0.39, 0.29) is 5.69 Å². The quantitative estimate of drug-likeness (QED) is 0.563. The Labute approximate surface area is 83.8 Å². The van der Waals surface area contributed by atoms with Crippen LogP contribution < -0.4 is 5.32 Å². The maximum Gasteiger partial charge on any atom is 0.396 e. The van der Waals surface area contributed by atoms with Gasteiger partial charge in [0.15, 0.2) is 0 Å². The molecule has 80 valence electrons. The van der Waals surface area contributed by atoms with Crippen molar-refractivity contribution in [2.24, 2.45) is 0 Å². The molecule has 15 heavy (non-hydrogen) atoms. The standard InChI is InChI=1S/C9H7F2NO3/c1-15-9(14)8(13)12-7-3-5(10)2-6(11)4-7/h2-4H,1H3,(H,12,13). The Balaban J connectivity index is 2.81. The van der Waals surface area contributed by atoms with Crippen molar-refractivity contribution >= 4 is 17.6 Å². The summed E-state index contributed by atoms with van der Waals surface area (Å²) in [6.07, 6.45) is 0. The fraction of sp³-hybridized carbons (Fsp3) is 0.111. The van der Waals surface area contributed by atoms with Gasteiger partial charge in [0.05, 0.1) is 7.11 Å². The van der Waals surface area contributed by atoms with Gasteiger partial charge in [0.2, 0.25) is 0 Å². The average molecular weight is 215 g/mol. The maximum atomic E-state index is 12.7. The van der Waals surface area contributed by atoms with Crippen LogP contribution in [0.5, 0.6) is 0 Å². The van der Waals surface area contributed by atoms with E-state index in [1.807, 2.05) is 5.32 Å². The predicted octanol–water partition coefficient (Wildman–Crippen LogP) is 1.08. The minimum atomic E-state index is -1.14. The summed E-state index contributed by atoms with van der Waals surface area (Å²) >= 11 is 0. The number of hydrogen-bond acceptors (Lipinski definition) is 3. The van der Waals surface area contributed by atoms with E-state index in [9.17, 15) is 18.4 Å². The number of nitrogens with one attached hydrogen (secondary N) is 1. The van der Waals surface area contributed by atoms with Gasteiger partial charge in [-0.1, -0.05) is 0 Å². The molecule has 6 heteroatoms. The highest BCUT2D eigenvalue weighted by atomic mass is 19.1. The van der Waals surface area contributed by atoms with Crippen LogP contribution in [0.25, 0.3) is 0 Å². The second-order valence-electron chi connectivity index (χ2n) is 2.60. The number of amides is 1. The molecule has 0 radical (unpaired) electrons. The van der Waals surface area contributed by atoms with Gasteiger partial charge in [-0.3, -0.25) is 4.79 Å². The maximum absolute atomic E-state index is 12.7. The summed E-state index contributed by atoms with van der Waals surface area (Å²) in [4.78, 5) is 21.6. The van der Waals surface area contributed by atoms with Crippen LogP contribution in [0.15, 0.2) is 18.2 Å². The first kappa shape index (κ1) is 11.1. The molecule has 0 aliphatic carbocycles. The zero-order valence-corrected chi connectivity index (χ0v) is 7.71. The van der Waals surface area contributed by atoms with Crippen molar-refractivity contribution < 1.29 is 23.1 Å². The molecule has 0 spiro atoms. The largest absolute Gasteiger partial charge is 0.462 e. The molecule has 0 fully saturated rings. The summed E-state index contributed by atoms with van der Waals surface area (Å²) in [5.74, 6) is -3.94. The van der Waals surface area contributed by atoms with E-state index in [0.717, 1.165) is 19.2 Å². The van der Waals surface area contributed by atoms with E-state index < -0.39 is 23.5 Å². The Kier molecular flexibility index (Phi) is 3.33. The molecule has 0 saturated carbocycles. The van der Waals surface area contributed by atoms with E-state index in [4.69, 9.17) is 0 Å². The van der Waals surface area contributed by atoms with Crippen molar-refractivity contribution in [3.8, 4) is 0 Å². The van der Waals surface area contributed by atoms with Crippen molar-refractivity contribution in [1.82, 2.24) is 0 Å². The lowest BCUT2D eigenvalue weighted by Gasteiger charge is -2.03. The second kappa shape index (κ2) is 4.50. The minimum absolute atomic E-state index is 0.150. The molecule has 0 aliphatic rings. The van der Waals surface area contributed by atoms with E-state index >= 15 is 0 Å².